The van der Waals surface area contributed by atoms with Gasteiger partial charge in [-0.15, -0.1) is 6.58 Å². The van der Waals surface area contributed by atoms with Crippen LogP contribution in [0.15, 0.2) is 36.9 Å². The fraction of sp³-hybridized carbons (Fsp3) is 0.400. The van der Waals surface area contributed by atoms with Crippen LogP contribution < -0.4 is 9.47 Å². The van der Waals surface area contributed by atoms with Gasteiger partial charge < -0.3 is 14.4 Å². The zero-order valence-corrected chi connectivity index (χ0v) is 11.2. The van der Waals surface area contributed by atoms with Crippen molar-refractivity contribution in [3.8, 4) is 11.5 Å². The van der Waals surface area contributed by atoms with E-state index in [0.717, 1.165) is 18.0 Å². The normalized spacial score (nSPS) is 18.5. The van der Waals surface area contributed by atoms with Gasteiger partial charge in [-0.25, -0.2) is 0 Å². The van der Waals surface area contributed by atoms with Crippen LogP contribution in [0.3, 0.4) is 0 Å². The van der Waals surface area contributed by atoms with Crippen LogP contribution in [0.2, 0.25) is 0 Å². The largest absolute Gasteiger partial charge is 0.497 e. The number of carbonyl (C=O) groups is 1. The summed E-state index contributed by atoms with van der Waals surface area (Å²) in [7, 11) is 1.63. The zero-order valence-electron chi connectivity index (χ0n) is 11.2. The number of amides is 1. The lowest BCUT2D eigenvalue weighted by molar-refractivity contribution is -0.128. The van der Waals surface area contributed by atoms with Gasteiger partial charge in [-0.2, -0.15) is 0 Å². The Labute approximate surface area is 113 Å². The van der Waals surface area contributed by atoms with Gasteiger partial charge in [0, 0.05) is 18.9 Å². The van der Waals surface area contributed by atoms with Crippen molar-refractivity contribution in [3.05, 3.63) is 36.9 Å². The van der Waals surface area contributed by atoms with Gasteiger partial charge in [0.15, 0.2) is 0 Å². The number of rotatable bonds is 6. The Morgan fingerprint density at radius 1 is 1.37 bits per heavy atom. The van der Waals surface area contributed by atoms with E-state index in [9.17, 15) is 4.79 Å². The lowest BCUT2D eigenvalue weighted by Crippen LogP contribution is -2.29. The average molecular weight is 261 g/mol. The number of likely N-dealkylation sites (tertiary alicyclic amines) is 1. The molecular formula is C15H19NO3. The third kappa shape index (κ3) is 3.50. The second kappa shape index (κ2) is 6.27. The van der Waals surface area contributed by atoms with Crippen LogP contribution in [0, 0.1) is 5.92 Å². The smallest absolute Gasteiger partial charge is 0.223 e. The molecule has 1 aliphatic heterocycles. The third-order valence-electron chi connectivity index (χ3n) is 3.27. The third-order valence-corrected chi connectivity index (χ3v) is 3.27. The molecule has 0 N–H and O–H groups in total. The minimum absolute atomic E-state index is 0.184. The van der Waals surface area contributed by atoms with Crippen molar-refractivity contribution < 1.29 is 14.3 Å². The minimum Gasteiger partial charge on any atom is -0.497 e. The fourth-order valence-electron chi connectivity index (χ4n) is 2.12. The van der Waals surface area contributed by atoms with E-state index >= 15 is 0 Å². The first kappa shape index (κ1) is 13.5. The Kier molecular flexibility index (Phi) is 4.44. The molecule has 1 aliphatic rings. The molecule has 1 heterocycles. The van der Waals surface area contributed by atoms with Gasteiger partial charge in [0.25, 0.3) is 0 Å². The van der Waals surface area contributed by atoms with Crippen molar-refractivity contribution in [1.82, 2.24) is 4.90 Å². The van der Waals surface area contributed by atoms with Crippen LogP contribution in [0.4, 0.5) is 0 Å². The first-order valence-electron chi connectivity index (χ1n) is 6.40. The highest BCUT2D eigenvalue weighted by Gasteiger charge is 2.26. The monoisotopic (exact) mass is 261 g/mol. The van der Waals surface area contributed by atoms with Gasteiger partial charge >= 0.3 is 0 Å². The SMILES string of the molecule is C=CC1CC(=O)N(CCOc2ccc(OC)cc2)C1. The highest BCUT2D eigenvalue weighted by molar-refractivity contribution is 5.78. The van der Waals surface area contributed by atoms with Gasteiger partial charge in [-0.05, 0) is 24.3 Å². The quantitative estimate of drug-likeness (QED) is 0.736. The molecule has 102 valence electrons. The topological polar surface area (TPSA) is 38.8 Å². The lowest BCUT2D eigenvalue weighted by Gasteiger charge is -2.16. The molecule has 1 fully saturated rings. The number of benzene rings is 1. The van der Waals surface area contributed by atoms with Crippen LogP contribution in [0.1, 0.15) is 6.42 Å². The van der Waals surface area contributed by atoms with E-state index in [-0.39, 0.29) is 11.8 Å². The lowest BCUT2D eigenvalue weighted by atomic mass is 10.1. The van der Waals surface area contributed by atoms with Crippen molar-refractivity contribution >= 4 is 5.91 Å². The summed E-state index contributed by atoms with van der Waals surface area (Å²) in [4.78, 5) is 13.5. The maximum Gasteiger partial charge on any atom is 0.223 e. The van der Waals surface area contributed by atoms with Gasteiger partial charge in [-0.3, -0.25) is 4.79 Å². The molecule has 4 heteroatoms. The highest BCUT2D eigenvalue weighted by atomic mass is 16.5. The van der Waals surface area contributed by atoms with E-state index in [1.54, 1.807) is 7.11 Å². The first-order valence-corrected chi connectivity index (χ1v) is 6.40. The average Bonchev–Trinajstić information content (AvgIpc) is 2.80. The van der Waals surface area contributed by atoms with E-state index in [0.29, 0.717) is 19.6 Å². The molecule has 1 amide bonds. The van der Waals surface area contributed by atoms with Gasteiger partial charge in [0.1, 0.15) is 18.1 Å². The maximum atomic E-state index is 11.7. The van der Waals surface area contributed by atoms with E-state index in [1.807, 2.05) is 35.2 Å². The van der Waals surface area contributed by atoms with Gasteiger partial charge in [0.2, 0.25) is 5.91 Å². The Morgan fingerprint density at radius 3 is 2.63 bits per heavy atom. The molecule has 2 rings (SSSR count). The van der Waals surface area contributed by atoms with Crippen LogP contribution in [-0.2, 0) is 4.79 Å². The number of carbonyl (C=O) groups excluding carboxylic acids is 1. The molecule has 0 spiro atoms. The molecule has 0 radical (unpaired) electrons. The zero-order chi connectivity index (χ0) is 13.7. The summed E-state index contributed by atoms with van der Waals surface area (Å²) in [6.07, 6.45) is 2.42. The molecule has 19 heavy (non-hydrogen) atoms. The molecule has 1 unspecified atom stereocenters. The van der Waals surface area contributed by atoms with E-state index in [1.165, 1.54) is 0 Å². The molecule has 1 aromatic carbocycles. The summed E-state index contributed by atoms with van der Waals surface area (Å²) in [5.41, 5.74) is 0. The Bertz CT molecular complexity index is 441. The van der Waals surface area contributed by atoms with Gasteiger partial charge in [0.05, 0.1) is 13.7 Å². The van der Waals surface area contributed by atoms with Crippen molar-refractivity contribution in [2.75, 3.05) is 26.8 Å². The molecule has 1 saturated heterocycles. The van der Waals surface area contributed by atoms with Crippen molar-refractivity contribution in [3.63, 3.8) is 0 Å². The predicted molar refractivity (Wildman–Crippen MR) is 73.4 cm³/mol. The summed E-state index contributed by atoms with van der Waals surface area (Å²) in [6, 6.07) is 7.42. The van der Waals surface area contributed by atoms with Crippen LogP contribution in [0.25, 0.3) is 0 Å². The summed E-state index contributed by atoms with van der Waals surface area (Å²) >= 11 is 0. The predicted octanol–water partition coefficient (Wildman–Crippen LogP) is 2.11. The highest BCUT2D eigenvalue weighted by Crippen LogP contribution is 2.19. The standard InChI is InChI=1S/C15H19NO3/c1-3-12-10-15(17)16(11-12)8-9-19-14-6-4-13(18-2)5-7-14/h3-7,12H,1,8-11H2,2H3. The molecule has 1 aromatic rings. The summed E-state index contributed by atoms with van der Waals surface area (Å²) in [6.45, 7) is 5.61. The van der Waals surface area contributed by atoms with E-state index < -0.39 is 0 Å². The van der Waals surface area contributed by atoms with Crippen molar-refractivity contribution in [2.24, 2.45) is 5.92 Å². The number of hydrogen-bond acceptors (Lipinski definition) is 3. The Hall–Kier alpha value is -1.97. The maximum absolute atomic E-state index is 11.7. The van der Waals surface area contributed by atoms with Crippen molar-refractivity contribution in [2.45, 2.75) is 6.42 Å². The second-order valence-corrected chi connectivity index (χ2v) is 4.56. The molecule has 1 atom stereocenters. The number of hydrogen-bond donors (Lipinski definition) is 0. The van der Waals surface area contributed by atoms with E-state index in [2.05, 4.69) is 6.58 Å². The van der Waals surface area contributed by atoms with Crippen molar-refractivity contribution in [1.29, 1.82) is 0 Å². The molecular weight excluding hydrogens is 242 g/mol. The molecule has 4 nitrogen and oxygen atoms in total. The molecule has 0 saturated carbocycles. The molecule has 0 bridgehead atoms. The number of nitrogens with zero attached hydrogens (tertiary/aromatic N) is 1. The molecule has 0 aromatic heterocycles. The van der Waals surface area contributed by atoms with Gasteiger partial charge in [-0.1, -0.05) is 6.08 Å². The first-order chi connectivity index (χ1) is 9.22. The van der Waals surface area contributed by atoms with Crippen LogP contribution in [0.5, 0.6) is 11.5 Å². The molecule has 0 aliphatic carbocycles. The van der Waals surface area contributed by atoms with E-state index in [4.69, 9.17) is 9.47 Å². The number of methoxy groups -OCH3 is 1. The fourth-order valence-corrected chi connectivity index (χ4v) is 2.12. The summed E-state index contributed by atoms with van der Waals surface area (Å²) < 4.78 is 10.7. The summed E-state index contributed by atoms with van der Waals surface area (Å²) in [5.74, 6) is 2.06. The Morgan fingerprint density at radius 2 is 2.05 bits per heavy atom. The minimum atomic E-state index is 0.184. The Balaban J connectivity index is 1.77. The van der Waals surface area contributed by atoms with Crippen LogP contribution >= 0.6 is 0 Å². The summed E-state index contributed by atoms with van der Waals surface area (Å²) in [5, 5.41) is 0. The van der Waals surface area contributed by atoms with Crippen LogP contribution in [-0.4, -0.2) is 37.6 Å². The second-order valence-electron chi connectivity index (χ2n) is 4.56. The number of ether oxygens (including phenoxy) is 2.